The molecule has 2 unspecified atom stereocenters. The Morgan fingerprint density at radius 1 is 1.38 bits per heavy atom. The third-order valence-electron chi connectivity index (χ3n) is 2.82. The summed E-state index contributed by atoms with van der Waals surface area (Å²) in [5.74, 6) is 0.669. The predicted molar refractivity (Wildman–Crippen MR) is 54.7 cm³/mol. The highest BCUT2D eigenvalue weighted by Crippen LogP contribution is 2.14. The maximum Gasteiger partial charge on any atom is 0.0462 e. The van der Waals surface area contributed by atoms with E-state index >= 15 is 0 Å². The molecule has 3 heteroatoms. The molecule has 1 saturated heterocycles. The average Bonchev–Trinajstić information content (AvgIpc) is 2.41. The number of ether oxygens (including phenoxy) is 1. The van der Waals surface area contributed by atoms with Gasteiger partial charge in [0, 0.05) is 32.8 Å². The highest BCUT2D eigenvalue weighted by atomic mass is 16.5. The van der Waals surface area contributed by atoms with Crippen molar-refractivity contribution in [1.29, 1.82) is 0 Å². The van der Waals surface area contributed by atoms with Crippen LogP contribution in [0.5, 0.6) is 0 Å². The molecule has 78 valence electrons. The summed E-state index contributed by atoms with van der Waals surface area (Å²) in [4.78, 5) is 2.46. The number of nitrogens with zero attached hydrogens (tertiary/aromatic N) is 1. The molecule has 0 spiro atoms. The molecule has 3 nitrogen and oxygen atoms in total. The number of hydrogen-bond donors (Lipinski definition) is 1. The van der Waals surface area contributed by atoms with Gasteiger partial charge in [0.1, 0.15) is 0 Å². The van der Waals surface area contributed by atoms with Crippen molar-refractivity contribution in [3.8, 4) is 0 Å². The molecule has 0 amide bonds. The van der Waals surface area contributed by atoms with E-state index in [-0.39, 0.29) is 0 Å². The molecule has 0 aliphatic carbocycles. The molecule has 0 aromatic carbocycles. The first kappa shape index (κ1) is 11.0. The number of unbranched alkanes of at least 4 members (excludes halogenated alkanes) is 1. The summed E-state index contributed by atoms with van der Waals surface area (Å²) >= 11 is 0. The summed E-state index contributed by atoms with van der Waals surface area (Å²) in [5, 5.41) is 0. The van der Waals surface area contributed by atoms with Crippen molar-refractivity contribution in [3.05, 3.63) is 0 Å². The Hall–Kier alpha value is -0.120. The minimum Gasteiger partial charge on any atom is -0.385 e. The van der Waals surface area contributed by atoms with Gasteiger partial charge in [0.2, 0.25) is 0 Å². The Kier molecular flexibility index (Phi) is 4.70. The molecule has 1 aliphatic rings. The van der Waals surface area contributed by atoms with Gasteiger partial charge in [-0.3, -0.25) is 0 Å². The van der Waals surface area contributed by atoms with Crippen LogP contribution in [0.4, 0.5) is 0 Å². The number of likely N-dealkylation sites (tertiary alicyclic amines) is 1. The molecule has 1 aliphatic heterocycles. The van der Waals surface area contributed by atoms with E-state index < -0.39 is 0 Å². The Labute approximate surface area is 81.2 Å². The SMILES string of the molecule is COCCCCN1CC(C)C(N)C1. The average molecular weight is 186 g/mol. The van der Waals surface area contributed by atoms with E-state index in [2.05, 4.69) is 11.8 Å². The minimum atomic E-state index is 0.391. The van der Waals surface area contributed by atoms with Crippen molar-refractivity contribution >= 4 is 0 Å². The first-order valence-corrected chi connectivity index (χ1v) is 5.21. The van der Waals surface area contributed by atoms with Gasteiger partial charge >= 0.3 is 0 Å². The van der Waals surface area contributed by atoms with Crippen LogP contribution in [0.3, 0.4) is 0 Å². The second kappa shape index (κ2) is 5.58. The van der Waals surface area contributed by atoms with Crippen LogP contribution in [0, 0.1) is 5.92 Å². The molecule has 0 bridgehead atoms. The Balaban J connectivity index is 2.03. The fourth-order valence-corrected chi connectivity index (χ4v) is 1.86. The lowest BCUT2D eigenvalue weighted by Crippen LogP contribution is -2.29. The molecule has 0 aromatic rings. The summed E-state index contributed by atoms with van der Waals surface area (Å²) in [7, 11) is 1.76. The molecule has 13 heavy (non-hydrogen) atoms. The first-order chi connectivity index (χ1) is 6.24. The predicted octanol–water partition coefficient (Wildman–Crippen LogP) is 0.692. The fourth-order valence-electron chi connectivity index (χ4n) is 1.86. The van der Waals surface area contributed by atoms with Crippen molar-refractivity contribution in [2.24, 2.45) is 11.7 Å². The highest BCUT2D eigenvalue weighted by molar-refractivity contribution is 4.83. The van der Waals surface area contributed by atoms with Crippen LogP contribution in [-0.2, 0) is 4.74 Å². The van der Waals surface area contributed by atoms with Crippen LogP contribution in [-0.4, -0.2) is 44.3 Å². The molecule has 1 fully saturated rings. The smallest absolute Gasteiger partial charge is 0.0462 e. The number of nitrogens with two attached hydrogens (primary N) is 1. The molecule has 2 N–H and O–H groups in total. The Morgan fingerprint density at radius 3 is 2.69 bits per heavy atom. The van der Waals surface area contributed by atoms with E-state index in [1.54, 1.807) is 7.11 Å². The van der Waals surface area contributed by atoms with Gasteiger partial charge in [0.15, 0.2) is 0 Å². The van der Waals surface area contributed by atoms with Crippen molar-refractivity contribution in [2.75, 3.05) is 33.4 Å². The Morgan fingerprint density at radius 2 is 2.15 bits per heavy atom. The quantitative estimate of drug-likeness (QED) is 0.642. The second-order valence-electron chi connectivity index (χ2n) is 4.10. The number of methoxy groups -OCH3 is 1. The topological polar surface area (TPSA) is 38.5 Å². The Bertz CT molecular complexity index is 131. The number of hydrogen-bond acceptors (Lipinski definition) is 3. The lowest BCUT2D eigenvalue weighted by Gasteiger charge is -2.14. The van der Waals surface area contributed by atoms with Gasteiger partial charge in [0.25, 0.3) is 0 Å². The van der Waals surface area contributed by atoms with E-state index in [1.165, 1.54) is 19.5 Å². The molecule has 2 atom stereocenters. The summed E-state index contributed by atoms with van der Waals surface area (Å²) in [6, 6.07) is 0.391. The maximum atomic E-state index is 5.93. The first-order valence-electron chi connectivity index (χ1n) is 5.21. The minimum absolute atomic E-state index is 0.391. The van der Waals surface area contributed by atoms with Crippen LogP contribution < -0.4 is 5.73 Å². The van der Waals surface area contributed by atoms with Crippen molar-refractivity contribution in [2.45, 2.75) is 25.8 Å². The molecule has 1 heterocycles. The van der Waals surface area contributed by atoms with Gasteiger partial charge < -0.3 is 15.4 Å². The monoisotopic (exact) mass is 186 g/mol. The normalized spacial score (nSPS) is 29.8. The van der Waals surface area contributed by atoms with Crippen molar-refractivity contribution in [1.82, 2.24) is 4.90 Å². The molecule has 0 radical (unpaired) electrons. The van der Waals surface area contributed by atoms with Gasteiger partial charge in [-0.2, -0.15) is 0 Å². The van der Waals surface area contributed by atoms with Crippen LogP contribution in [0.1, 0.15) is 19.8 Å². The van der Waals surface area contributed by atoms with Crippen LogP contribution >= 0.6 is 0 Å². The molecule has 0 aromatic heterocycles. The molecule has 1 rings (SSSR count). The van der Waals surface area contributed by atoms with Crippen LogP contribution in [0.15, 0.2) is 0 Å². The van der Waals surface area contributed by atoms with E-state index in [9.17, 15) is 0 Å². The zero-order valence-corrected chi connectivity index (χ0v) is 8.83. The summed E-state index contributed by atoms with van der Waals surface area (Å²) in [6.07, 6.45) is 2.39. The van der Waals surface area contributed by atoms with Gasteiger partial charge in [-0.05, 0) is 25.3 Å². The van der Waals surface area contributed by atoms with Gasteiger partial charge in [-0.15, -0.1) is 0 Å². The maximum absolute atomic E-state index is 5.93. The zero-order chi connectivity index (χ0) is 9.68. The van der Waals surface area contributed by atoms with E-state index in [4.69, 9.17) is 10.5 Å². The third kappa shape index (κ3) is 3.63. The molecule has 0 saturated carbocycles. The summed E-state index contributed by atoms with van der Waals surface area (Å²) in [6.45, 7) is 6.55. The lowest BCUT2D eigenvalue weighted by atomic mass is 10.1. The largest absolute Gasteiger partial charge is 0.385 e. The molecular formula is C10H22N2O. The van der Waals surface area contributed by atoms with E-state index in [0.29, 0.717) is 12.0 Å². The fraction of sp³-hybridized carbons (Fsp3) is 1.00. The number of rotatable bonds is 5. The van der Waals surface area contributed by atoms with Crippen LogP contribution in [0.25, 0.3) is 0 Å². The van der Waals surface area contributed by atoms with Gasteiger partial charge in [-0.25, -0.2) is 0 Å². The summed E-state index contributed by atoms with van der Waals surface area (Å²) in [5.41, 5.74) is 5.93. The lowest BCUT2D eigenvalue weighted by molar-refractivity contribution is 0.187. The van der Waals surface area contributed by atoms with Gasteiger partial charge in [-0.1, -0.05) is 6.92 Å². The van der Waals surface area contributed by atoms with E-state index in [0.717, 1.165) is 19.6 Å². The zero-order valence-electron chi connectivity index (χ0n) is 8.83. The van der Waals surface area contributed by atoms with Crippen molar-refractivity contribution < 1.29 is 4.74 Å². The van der Waals surface area contributed by atoms with Crippen LogP contribution in [0.2, 0.25) is 0 Å². The van der Waals surface area contributed by atoms with Gasteiger partial charge in [0.05, 0.1) is 0 Å². The standard InChI is InChI=1S/C10H22N2O/c1-9-7-12(8-10(9)11)5-3-4-6-13-2/h9-10H,3-8,11H2,1-2H3. The highest BCUT2D eigenvalue weighted by Gasteiger charge is 2.25. The summed E-state index contributed by atoms with van der Waals surface area (Å²) < 4.78 is 5.01. The second-order valence-corrected chi connectivity index (χ2v) is 4.10. The molecular weight excluding hydrogens is 164 g/mol. The van der Waals surface area contributed by atoms with E-state index in [1.807, 2.05) is 0 Å². The third-order valence-corrected chi connectivity index (χ3v) is 2.82. The van der Waals surface area contributed by atoms with Crippen molar-refractivity contribution in [3.63, 3.8) is 0 Å².